The first-order valence-electron chi connectivity index (χ1n) is 8.06. The summed E-state index contributed by atoms with van der Waals surface area (Å²) in [7, 11) is 2.05. The van der Waals surface area contributed by atoms with Gasteiger partial charge < -0.3 is 10.2 Å². The van der Waals surface area contributed by atoms with Crippen LogP contribution in [0.3, 0.4) is 0 Å². The van der Waals surface area contributed by atoms with Crippen molar-refractivity contribution >= 4 is 11.7 Å². The van der Waals surface area contributed by atoms with Crippen molar-refractivity contribution in [3.8, 4) is 0 Å². The number of hydrogen-bond acceptors (Lipinski definition) is 4. The van der Waals surface area contributed by atoms with Crippen LogP contribution in [-0.2, 0) is 11.0 Å². The number of alkyl halides is 3. The van der Waals surface area contributed by atoms with E-state index >= 15 is 0 Å². The molecule has 1 amide bonds. The van der Waals surface area contributed by atoms with Gasteiger partial charge in [-0.1, -0.05) is 0 Å². The number of nitrogens with zero attached hydrogens (tertiary/aromatic N) is 3. The summed E-state index contributed by atoms with van der Waals surface area (Å²) >= 11 is 0. The molecule has 8 heteroatoms. The molecule has 2 aliphatic rings. The Morgan fingerprint density at radius 3 is 2.71 bits per heavy atom. The van der Waals surface area contributed by atoms with E-state index in [1.54, 1.807) is 0 Å². The average Bonchev–Trinajstić information content (AvgIpc) is 2.72. The van der Waals surface area contributed by atoms with E-state index in [1.165, 1.54) is 6.07 Å². The number of aromatic nitrogens is 1. The molecule has 0 bridgehead atoms. The summed E-state index contributed by atoms with van der Waals surface area (Å²) in [5.41, 5.74) is -0.888. The Hall–Kier alpha value is -1.83. The number of halogens is 3. The van der Waals surface area contributed by atoms with Crippen molar-refractivity contribution in [3.05, 3.63) is 23.9 Å². The van der Waals surface area contributed by atoms with Crippen LogP contribution in [0.4, 0.5) is 19.0 Å². The van der Waals surface area contributed by atoms with Crippen LogP contribution >= 0.6 is 0 Å². The second-order valence-corrected chi connectivity index (χ2v) is 6.57. The highest BCUT2D eigenvalue weighted by Gasteiger charge is 2.41. The molecule has 2 aliphatic heterocycles. The predicted octanol–water partition coefficient (Wildman–Crippen LogP) is 1.89. The van der Waals surface area contributed by atoms with Crippen LogP contribution < -0.4 is 10.2 Å². The predicted molar refractivity (Wildman–Crippen MR) is 83.7 cm³/mol. The van der Waals surface area contributed by atoms with Gasteiger partial charge in [0.1, 0.15) is 5.82 Å². The third-order valence-electron chi connectivity index (χ3n) is 5.13. The third kappa shape index (κ3) is 3.33. The van der Waals surface area contributed by atoms with Gasteiger partial charge in [0, 0.05) is 44.3 Å². The zero-order valence-corrected chi connectivity index (χ0v) is 13.6. The number of likely N-dealkylation sites (N-methyl/N-ethyl adjacent to an activating group) is 1. The molecule has 0 radical (unpaired) electrons. The molecule has 2 fully saturated rings. The van der Waals surface area contributed by atoms with E-state index in [0.29, 0.717) is 31.9 Å². The van der Waals surface area contributed by atoms with Crippen molar-refractivity contribution in [1.29, 1.82) is 0 Å². The summed E-state index contributed by atoms with van der Waals surface area (Å²) < 4.78 is 38.0. The quantitative estimate of drug-likeness (QED) is 0.847. The number of nitrogens with one attached hydrogen (secondary N) is 1. The van der Waals surface area contributed by atoms with E-state index in [1.807, 2.05) is 11.9 Å². The van der Waals surface area contributed by atoms with Gasteiger partial charge in [0.05, 0.1) is 5.56 Å². The molecule has 5 nitrogen and oxygen atoms in total. The number of piperazine rings is 1. The van der Waals surface area contributed by atoms with E-state index in [-0.39, 0.29) is 11.4 Å². The molecular formula is C16H21F3N4O. The number of rotatable bonds is 1. The van der Waals surface area contributed by atoms with Crippen LogP contribution in [0.25, 0.3) is 0 Å². The Morgan fingerprint density at radius 2 is 2.04 bits per heavy atom. The Bertz CT molecular complexity index is 604. The maximum Gasteiger partial charge on any atom is 0.417 e. The molecule has 1 atom stereocenters. The molecule has 1 aromatic rings. The van der Waals surface area contributed by atoms with Crippen molar-refractivity contribution in [2.24, 2.45) is 0 Å². The highest BCUT2D eigenvalue weighted by Crippen LogP contribution is 2.33. The SMILES string of the molecule is CN1CCN(c2ccc(C(F)(F)F)cn2)CC12CCNC(=O)CC2. The Kier molecular flexibility index (Phi) is 4.42. The molecule has 0 aromatic carbocycles. The van der Waals surface area contributed by atoms with Crippen LogP contribution in [0, 0.1) is 0 Å². The second kappa shape index (κ2) is 6.23. The minimum Gasteiger partial charge on any atom is -0.356 e. The molecule has 132 valence electrons. The van der Waals surface area contributed by atoms with Gasteiger partial charge in [-0.15, -0.1) is 0 Å². The summed E-state index contributed by atoms with van der Waals surface area (Å²) in [4.78, 5) is 19.9. The minimum atomic E-state index is -4.37. The van der Waals surface area contributed by atoms with E-state index in [9.17, 15) is 18.0 Å². The number of pyridine rings is 1. The summed E-state index contributed by atoms with van der Waals surface area (Å²) in [5, 5.41) is 2.89. The lowest BCUT2D eigenvalue weighted by atomic mass is 9.86. The fraction of sp³-hybridized carbons (Fsp3) is 0.625. The van der Waals surface area contributed by atoms with Crippen molar-refractivity contribution in [2.75, 3.05) is 38.1 Å². The normalized spacial score (nSPS) is 26.3. The van der Waals surface area contributed by atoms with E-state index < -0.39 is 11.7 Å². The minimum absolute atomic E-state index is 0.0602. The Balaban J connectivity index is 1.79. The summed E-state index contributed by atoms with van der Waals surface area (Å²) in [6, 6.07) is 2.51. The Labute approximate surface area is 138 Å². The van der Waals surface area contributed by atoms with E-state index in [0.717, 1.165) is 31.6 Å². The third-order valence-corrected chi connectivity index (χ3v) is 5.13. The molecular weight excluding hydrogens is 321 g/mol. The van der Waals surface area contributed by atoms with Crippen molar-refractivity contribution in [3.63, 3.8) is 0 Å². The fourth-order valence-electron chi connectivity index (χ4n) is 3.53. The van der Waals surface area contributed by atoms with Gasteiger partial charge in [-0.3, -0.25) is 9.69 Å². The Morgan fingerprint density at radius 1 is 1.25 bits per heavy atom. The first-order valence-corrected chi connectivity index (χ1v) is 8.06. The summed E-state index contributed by atoms with van der Waals surface area (Å²) in [5.74, 6) is 0.615. The van der Waals surface area contributed by atoms with Gasteiger partial charge in [0.2, 0.25) is 5.91 Å². The first-order chi connectivity index (χ1) is 11.3. The molecule has 0 aliphatic carbocycles. The van der Waals surface area contributed by atoms with Crippen molar-refractivity contribution < 1.29 is 18.0 Å². The van der Waals surface area contributed by atoms with Crippen LogP contribution in [0.2, 0.25) is 0 Å². The van der Waals surface area contributed by atoms with Crippen LogP contribution in [0.15, 0.2) is 18.3 Å². The molecule has 1 N–H and O–H groups in total. The van der Waals surface area contributed by atoms with E-state index in [4.69, 9.17) is 0 Å². The van der Waals surface area contributed by atoms with Gasteiger partial charge in [-0.25, -0.2) is 4.98 Å². The highest BCUT2D eigenvalue weighted by molar-refractivity contribution is 5.76. The van der Waals surface area contributed by atoms with Gasteiger partial charge in [0.25, 0.3) is 0 Å². The van der Waals surface area contributed by atoms with Crippen LogP contribution in [0.1, 0.15) is 24.8 Å². The largest absolute Gasteiger partial charge is 0.417 e. The molecule has 1 aromatic heterocycles. The zero-order chi connectivity index (χ0) is 17.4. The lowest BCUT2D eigenvalue weighted by Gasteiger charge is -2.49. The van der Waals surface area contributed by atoms with Gasteiger partial charge in [-0.05, 0) is 32.0 Å². The molecule has 3 heterocycles. The molecule has 1 spiro atoms. The average molecular weight is 342 g/mol. The van der Waals surface area contributed by atoms with Crippen LogP contribution in [-0.4, -0.2) is 54.6 Å². The molecule has 2 saturated heterocycles. The number of hydrogen-bond donors (Lipinski definition) is 1. The van der Waals surface area contributed by atoms with Crippen molar-refractivity contribution in [1.82, 2.24) is 15.2 Å². The smallest absolute Gasteiger partial charge is 0.356 e. The highest BCUT2D eigenvalue weighted by atomic mass is 19.4. The molecule has 1 unspecified atom stereocenters. The van der Waals surface area contributed by atoms with Crippen LogP contribution in [0.5, 0.6) is 0 Å². The molecule has 24 heavy (non-hydrogen) atoms. The molecule has 3 rings (SSSR count). The second-order valence-electron chi connectivity index (χ2n) is 6.57. The monoisotopic (exact) mass is 342 g/mol. The van der Waals surface area contributed by atoms with E-state index in [2.05, 4.69) is 15.2 Å². The maximum atomic E-state index is 12.7. The summed E-state index contributed by atoms with van der Waals surface area (Å²) in [6.07, 6.45) is -1.45. The van der Waals surface area contributed by atoms with Gasteiger partial charge >= 0.3 is 6.18 Å². The van der Waals surface area contributed by atoms with Gasteiger partial charge in [0.15, 0.2) is 0 Å². The van der Waals surface area contributed by atoms with Crippen molar-refractivity contribution in [2.45, 2.75) is 31.0 Å². The first kappa shape index (κ1) is 17.0. The number of carbonyl (C=O) groups excluding carboxylic acids is 1. The standard InChI is InChI=1S/C16H21F3N4O/c1-22-8-9-23(11-15(22)5-4-14(24)20-7-6-15)13-3-2-12(10-21-13)16(17,18)19/h2-3,10H,4-9,11H2,1H3,(H,20,24). The fourth-order valence-corrected chi connectivity index (χ4v) is 3.53. The lowest BCUT2D eigenvalue weighted by Crippen LogP contribution is -2.61. The zero-order valence-electron chi connectivity index (χ0n) is 13.6. The number of amides is 1. The molecule has 0 saturated carbocycles. The maximum absolute atomic E-state index is 12.7. The van der Waals surface area contributed by atoms with Gasteiger partial charge in [-0.2, -0.15) is 13.2 Å². The topological polar surface area (TPSA) is 48.5 Å². The summed E-state index contributed by atoms with van der Waals surface area (Å²) in [6.45, 7) is 2.78. The lowest BCUT2D eigenvalue weighted by molar-refractivity contribution is -0.137. The number of carbonyl (C=O) groups is 1. The number of anilines is 1.